The van der Waals surface area contributed by atoms with Gasteiger partial charge in [-0.25, -0.2) is 4.39 Å². The summed E-state index contributed by atoms with van der Waals surface area (Å²) >= 11 is 1.71. The molecule has 2 nitrogen and oxygen atoms in total. The van der Waals surface area contributed by atoms with Crippen molar-refractivity contribution >= 4 is 11.3 Å². The summed E-state index contributed by atoms with van der Waals surface area (Å²) in [6, 6.07) is 10.7. The lowest BCUT2D eigenvalue weighted by Crippen LogP contribution is -2.22. The zero-order valence-corrected chi connectivity index (χ0v) is 11.6. The third-order valence-electron chi connectivity index (χ3n) is 2.98. The highest BCUT2D eigenvalue weighted by atomic mass is 32.1. The number of nitrogens with zero attached hydrogens (tertiary/aromatic N) is 2. The Morgan fingerprint density at radius 2 is 2.16 bits per heavy atom. The number of halogens is 1. The molecule has 0 bridgehead atoms. The number of thiophene rings is 1. The first-order valence-corrected chi connectivity index (χ1v) is 7.04. The predicted octanol–water partition coefficient (Wildman–Crippen LogP) is 3.78. The van der Waals surface area contributed by atoms with Crippen LogP contribution in [-0.4, -0.2) is 11.4 Å². The molecular weight excluding hydrogens is 259 g/mol. The van der Waals surface area contributed by atoms with Crippen LogP contribution in [0, 0.1) is 17.1 Å². The number of rotatable bonds is 5. The van der Waals surface area contributed by atoms with Gasteiger partial charge >= 0.3 is 0 Å². The SMILES string of the molecule is CCN(Cc1cccs1)Cc1ccc(C#N)cc1F. The molecular formula is C15H15FN2S. The van der Waals surface area contributed by atoms with Gasteiger partial charge in [0.1, 0.15) is 5.82 Å². The molecule has 0 aliphatic carbocycles. The van der Waals surface area contributed by atoms with Crippen molar-refractivity contribution in [1.82, 2.24) is 4.90 Å². The van der Waals surface area contributed by atoms with Gasteiger partial charge in [0.2, 0.25) is 0 Å². The summed E-state index contributed by atoms with van der Waals surface area (Å²) < 4.78 is 13.8. The maximum absolute atomic E-state index is 13.8. The first kappa shape index (κ1) is 13.7. The van der Waals surface area contributed by atoms with E-state index in [1.54, 1.807) is 23.5 Å². The zero-order chi connectivity index (χ0) is 13.7. The van der Waals surface area contributed by atoms with E-state index in [1.807, 2.05) is 17.5 Å². The van der Waals surface area contributed by atoms with Crippen molar-refractivity contribution in [2.24, 2.45) is 0 Å². The first-order valence-electron chi connectivity index (χ1n) is 6.16. The molecule has 1 heterocycles. The molecule has 4 heteroatoms. The molecule has 0 fully saturated rings. The van der Waals surface area contributed by atoms with E-state index in [2.05, 4.69) is 17.9 Å². The fourth-order valence-corrected chi connectivity index (χ4v) is 2.63. The molecule has 0 aliphatic heterocycles. The Morgan fingerprint density at radius 3 is 2.74 bits per heavy atom. The van der Waals surface area contributed by atoms with Gasteiger partial charge in [0.25, 0.3) is 0 Å². The second-order valence-electron chi connectivity index (χ2n) is 4.30. The van der Waals surface area contributed by atoms with Crippen LogP contribution in [0.1, 0.15) is 22.9 Å². The quantitative estimate of drug-likeness (QED) is 0.829. The minimum atomic E-state index is -0.302. The lowest BCUT2D eigenvalue weighted by molar-refractivity contribution is 0.270. The molecule has 0 unspecified atom stereocenters. The van der Waals surface area contributed by atoms with Gasteiger partial charge in [0, 0.05) is 23.5 Å². The van der Waals surface area contributed by atoms with Crippen LogP contribution >= 0.6 is 11.3 Å². The van der Waals surface area contributed by atoms with Crippen molar-refractivity contribution in [3.63, 3.8) is 0 Å². The van der Waals surface area contributed by atoms with Crippen LogP contribution < -0.4 is 0 Å². The molecule has 19 heavy (non-hydrogen) atoms. The van der Waals surface area contributed by atoms with E-state index >= 15 is 0 Å². The zero-order valence-electron chi connectivity index (χ0n) is 10.8. The van der Waals surface area contributed by atoms with Gasteiger partial charge < -0.3 is 0 Å². The summed E-state index contributed by atoms with van der Waals surface area (Å²) in [6.07, 6.45) is 0. The summed E-state index contributed by atoms with van der Waals surface area (Å²) in [5.74, 6) is -0.302. The predicted molar refractivity (Wildman–Crippen MR) is 75.2 cm³/mol. The molecule has 0 aliphatic rings. The van der Waals surface area contributed by atoms with Crippen molar-refractivity contribution in [2.45, 2.75) is 20.0 Å². The fourth-order valence-electron chi connectivity index (χ4n) is 1.89. The summed E-state index contributed by atoms with van der Waals surface area (Å²) in [7, 11) is 0. The van der Waals surface area contributed by atoms with Gasteiger partial charge in [-0.15, -0.1) is 11.3 Å². The first-order chi connectivity index (χ1) is 9.22. The summed E-state index contributed by atoms with van der Waals surface area (Å²) in [5, 5.41) is 10.8. The summed E-state index contributed by atoms with van der Waals surface area (Å²) in [4.78, 5) is 3.45. The molecule has 0 radical (unpaired) electrons. The van der Waals surface area contributed by atoms with Crippen molar-refractivity contribution in [3.05, 3.63) is 57.5 Å². The Balaban J connectivity index is 2.08. The standard InChI is InChI=1S/C15H15FN2S/c1-2-18(11-14-4-3-7-19-14)10-13-6-5-12(9-17)8-15(13)16/h3-8H,2,10-11H2,1H3. The minimum absolute atomic E-state index is 0.302. The second kappa shape index (κ2) is 6.46. The number of nitriles is 1. The van der Waals surface area contributed by atoms with Gasteiger partial charge in [0.15, 0.2) is 0 Å². The Bertz CT molecular complexity index is 572. The average molecular weight is 274 g/mol. The Hall–Kier alpha value is -1.70. The van der Waals surface area contributed by atoms with Gasteiger partial charge in [-0.1, -0.05) is 19.1 Å². The van der Waals surface area contributed by atoms with Crippen LogP contribution in [0.3, 0.4) is 0 Å². The highest BCUT2D eigenvalue weighted by Crippen LogP contribution is 2.16. The molecule has 1 aromatic carbocycles. The smallest absolute Gasteiger partial charge is 0.129 e. The fraction of sp³-hybridized carbons (Fsp3) is 0.267. The molecule has 98 valence electrons. The van der Waals surface area contributed by atoms with Crippen molar-refractivity contribution in [3.8, 4) is 6.07 Å². The lowest BCUT2D eigenvalue weighted by atomic mass is 10.1. The maximum atomic E-state index is 13.8. The molecule has 0 atom stereocenters. The largest absolute Gasteiger partial charge is 0.294 e. The number of hydrogen-bond acceptors (Lipinski definition) is 3. The second-order valence-corrected chi connectivity index (χ2v) is 5.33. The Morgan fingerprint density at radius 1 is 1.32 bits per heavy atom. The number of hydrogen-bond donors (Lipinski definition) is 0. The Labute approximate surface area is 116 Å². The van der Waals surface area contributed by atoms with Crippen LogP contribution in [0.4, 0.5) is 4.39 Å². The average Bonchev–Trinajstić information content (AvgIpc) is 2.92. The third-order valence-corrected chi connectivity index (χ3v) is 3.84. The minimum Gasteiger partial charge on any atom is -0.294 e. The molecule has 2 rings (SSSR count). The van der Waals surface area contributed by atoms with Crippen LogP contribution in [0.15, 0.2) is 35.7 Å². The third kappa shape index (κ3) is 3.63. The van der Waals surface area contributed by atoms with E-state index in [1.165, 1.54) is 10.9 Å². The maximum Gasteiger partial charge on any atom is 0.129 e. The molecule has 2 aromatic rings. The topological polar surface area (TPSA) is 27.0 Å². The van der Waals surface area contributed by atoms with E-state index < -0.39 is 0 Å². The van der Waals surface area contributed by atoms with E-state index in [0.717, 1.165) is 13.1 Å². The van der Waals surface area contributed by atoms with E-state index in [0.29, 0.717) is 17.7 Å². The van der Waals surface area contributed by atoms with Gasteiger partial charge in [-0.05, 0) is 30.1 Å². The van der Waals surface area contributed by atoms with Crippen LogP contribution in [-0.2, 0) is 13.1 Å². The summed E-state index contributed by atoms with van der Waals surface area (Å²) in [5.41, 5.74) is 1.000. The molecule has 0 saturated carbocycles. The van der Waals surface area contributed by atoms with Crippen molar-refractivity contribution < 1.29 is 4.39 Å². The van der Waals surface area contributed by atoms with Crippen LogP contribution in [0.5, 0.6) is 0 Å². The molecule has 1 aromatic heterocycles. The van der Waals surface area contributed by atoms with Gasteiger partial charge in [-0.2, -0.15) is 5.26 Å². The molecule has 0 amide bonds. The van der Waals surface area contributed by atoms with Crippen molar-refractivity contribution in [1.29, 1.82) is 5.26 Å². The van der Waals surface area contributed by atoms with E-state index in [-0.39, 0.29) is 5.82 Å². The number of benzene rings is 1. The highest BCUT2D eigenvalue weighted by molar-refractivity contribution is 7.09. The van der Waals surface area contributed by atoms with Crippen LogP contribution in [0.25, 0.3) is 0 Å². The Kier molecular flexibility index (Phi) is 4.67. The van der Waals surface area contributed by atoms with Crippen molar-refractivity contribution in [2.75, 3.05) is 6.54 Å². The normalized spacial score (nSPS) is 10.6. The van der Waals surface area contributed by atoms with Crippen LogP contribution in [0.2, 0.25) is 0 Å². The molecule has 0 N–H and O–H groups in total. The van der Waals surface area contributed by atoms with E-state index in [4.69, 9.17) is 5.26 Å². The lowest BCUT2D eigenvalue weighted by Gasteiger charge is -2.20. The molecule has 0 spiro atoms. The monoisotopic (exact) mass is 274 g/mol. The van der Waals surface area contributed by atoms with E-state index in [9.17, 15) is 4.39 Å². The summed E-state index contributed by atoms with van der Waals surface area (Å²) in [6.45, 7) is 4.31. The molecule has 0 saturated heterocycles. The van der Waals surface area contributed by atoms with Gasteiger partial charge in [-0.3, -0.25) is 4.90 Å². The highest BCUT2D eigenvalue weighted by Gasteiger charge is 2.09. The van der Waals surface area contributed by atoms with Gasteiger partial charge in [0.05, 0.1) is 11.6 Å².